The van der Waals surface area contributed by atoms with Gasteiger partial charge in [-0.3, -0.25) is 9.59 Å². The summed E-state index contributed by atoms with van der Waals surface area (Å²) >= 11 is 0. The minimum absolute atomic E-state index is 0.0121. The van der Waals surface area contributed by atoms with E-state index < -0.39 is 116 Å². The first-order valence-electron chi connectivity index (χ1n) is 18.0. The van der Waals surface area contributed by atoms with Gasteiger partial charge in [0.2, 0.25) is 0 Å². The maximum Gasteiger partial charge on any atom is 0.311 e. The second-order valence-electron chi connectivity index (χ2n) is 7.99. The average molecular weight is 435 g/mol. The third kappa shape index (κ3) is 5.16. The van der Waals surface area contributed by atoms with Crippen molar-refractivity contribution in [2.75, 3.05) is 0 Å². The fourth-order valence-corrected chi connectivity index (χ4v) is 3.95. The largest absolute Gasteiger partial charge is 0.462 e. The second-order valence-corrected chi connectivity index (χ2v) is 7.99. The summed E-state index contributed by atoms with van der Waals surface area (Å²) in [4.78, 5) is 25.8. The van der Waals surface area contributed by atoms with Crippen molar-refractivity contribution < 1.29 is 46.1 Å². The number of aliphatic hydroxyl groups excluding tert-OH is 1. The quantitative estimate of drug-likeness (QED) is 0.619. The van der Waals surface area contributed by atoms with Crippen LogP contribution in [-0.4, -0.2) is 35.4 Å². The maximum atomic E-state index is 13.9. The van der Waals surface area contributed by atoms with Gasteiger partial charge in [-0.1, -0.05) is 38.9 Å². The van der Waals surface area contributed by atoms with Gasteiger partial charge in [-0.25, -0.2) is 0 Å². The molecule has 3 rings (SSSR count). The van der Waals surface area contributed by atoms with E-state index in [2.05, 4.69) is 0 Å². The molecule has 0 aromatic rings. The van der Waals surface area contributed by atoms with Crippen molar-refractivity contribution in [3.8, 4) is 0 Å². The Kier molecular flexibility index (Phi) is 3.05. The van der Waals surface area contributed by atoms with Crippen molar-refractivity contribution in [2.45, 2.75) is 91.2 Å². The zero-order valence-electron chi connectivity index (χ0n) is 33.0. The molecule has 5 heteroatoms. The van der Waals surface area contributed by atoms with Gasteiger partial charge in [-0.05, 0) is 62.6 Å². The van der Waals surface area contributed by atoms with E-state index in [1.165, 1.54) is 6.92 Å². The molecule has 2 aliphatic carbocycles. The van der Waals surface area contributed by atoms with E-state index in [0.717, 1.165) is 6.92 Å². The van der Waals surface area contributed by atoms with Gasteiger partial charge in [0, 0.05) is 30.2 Å². The number of carbonyl (C=O) groups is 2. The van der Waals surface area contributed by atoms with Crippen LogP contribution >= 0.6 is 0 Å². The van der Waals surface area contributed by atoms with E-state index in [-0.39, 0.29) is 25.7 Å². The highest BCUT2D eigenvalue weighted by atomic mass is 16.6. The molecule has 1 saturated heterocycles. The molecule has 0 spiro atoms. The second kappa shape index (κ2) is 9.25. The minimum Gasteiger partial charge on any atom is -0.462 e. The maximum absolute atomic E-state index is 13.9. The molecule has 1 aliphatic heterocycles. The number of esters is 2. The summed E-state index contributed by atoms with van der Waals surface area (Å²) in [6.45, 7) is -8.51. The molecule has 0 bridgehead atoms. The molecule has 0 saturated carbocycles. The van der Waals surface area contributed by atoms with Crippen LogP contribution in [0.4, 0.5) is 0 Å². The summed E-state index contributed by atoms with van der Waals surface area (Å²) in [5.41, 5.74) is -3.93. The molecule has 7 atom stereocenters. The van der Waals surface area contributed by atoms with Crippen LogP contribution in [0.15, 0.2) is 23.7 Å². The zero-order valence-corrected chi connectivity index (χ0v) is 17.0. The molecule has 1 heterocycles. The number of rotatable bonds is 6. The van der Waals surface area contributed by atoms with Crippen LogP contribution in [0.2, 0.25) is 0 Å². The number of allylic oxidation sites excluding steroid dienone is 3. The summed E-state index contributed by atoms with van der Waals surface area (Å²) in [6.07, 6.45) is -9.58. The normalized spacial score (nSPS) is 53.2. The molecule has 5 nitrogen and oxygen atoms in total. The Morgan fingerprint density at radius 1 is 1.50 bits per heavy atom. The molecular weight excluding hydrogens is 380 g/mol. The first-order valence-corrected chi connectivity index (χ1v) is 10.0. The third-order valence-electron chi connectivity index (χ3n) is 5.74. The van der Waals surface area contributed by atoms with Gasteiger partial charge in [0.15, 0.2) is 0 Å². The van der Waals surface area contributed by atoms with Gasteiger partial charge < -0.3 is 14.6 Å². The predicted molar refractivity (Wildman–Crippen MR) is 115 cm³/mol. The number of carbonyl (C=O) groups excluding carboxylic acids is 2. The summed E-state index contributed by atoms with van der Waals surface area (Å²) in [5.74, 6) is -11.6. The van der Waals surface area contributed by atoms with Crippen molar-refractivity contribution in [3.05, 3.63) is 23.7 Å². The Morgan fingerprint density at radius 2 is 2.30 bits per heavy atom. The van der Waals surface area contributed by atoms with Gasteiger partial charge in [-0.15, -0.1) is 0 Å². The Labute approximate surface area is 203 Å². The molecular formula is C25H38O5. The summed E-state index contributed by atoms with van der Waals surface area (Å²) < 4.78 is 145. The third-order valence-corrected chi connectivity index (χ3v) is 5.74. The van der Waals surface area contributed by atoms with Crippen molar-refractivity contribution in [2.24, 2.45) is 29.0 Å². The van der Waals surface area contributed by atoms with Crippen LogP contribution in [0.25, 0.3) is 0 Å². The lowest BCUT2D eigenvalue weighted by Crippen LogP contribution is -2.43. The summed E-state index contributed by atoms with van der Waals surface area (Å²) in [5, 5.41) is 10.1. The van der Waals surface area contributed by atoms with Crippen LogP contribution < -0.4 is 0 Å². The highest BCUT2D eigenvalue weighted by Gasteiger charge is 2.43. The lowest BCUT2D eigenvalue weighted by molar-refractivity contribution is -0.166. The lowest BCUT2D eigenvalue weighted by atomic mass is 9.65. The fraction of sp³-hybridized carbons (Fsp3) is 0.760. The standard InChI is InChI=1S/C25H38O5/c1-6-25(4,5)24(28)30-21-12-15(2)11-17-8-7-16(3)20(23(17)21)10-9-19-13-18(26)14-22(27)29-19/h7-8,11,15-16,18-21,23,26H,6,9-10,12-14H2,1-5H3/t15-,16-,18+,19?,20-,21?,23-/m0/s1/i2D3,4D3,5D3,7D,8D,11D,12D2,15D,16D. The molecule has 1 fully saturated rings. The van der Waals surface area contributed by atoms with Crippen LogP contribution in [0.3, 0.4) is 0 Å². The fourth-order valence-electron chi connectivity index (χ4n) is 3.95. The Morgan fingerprint density at radius 3 is 2.97 bits per heavy atom. The highest BCUT2D eigenvalue weighted by molar-refractivity contribution is 5.76. The highest BCUT2D eigenvalue weighted by Crippen LogP contribution is 2.45. The van der Waals surface area contributed by atoms with E-state index >= 15 is 0 Å². The van der Waals surface area contributed by atoms with E-state index in [4.69, 9.17) is 31.4 Å². The monoisotopic (exact) mass is 434 g/mol. The molecule has 2 unspecified atom stereocenters. The van der Waals surface area contributed by atoms with E-state index in [1.54, 1.807) is 0 Å². The number of cyclic esters (lactones) is 1. The Hall–Kier alpha value is -1.62. The topological polar surface area (TPSA) is 72.8 Å². The summed E-state index contributed by atoms with van der Waals surface area (Å²) in [7, 11) is 0. The molecule has 30 heavy (non-hydrogen) atoms. The molecule has 0 radical (unpaired) electrons. The van der Waals surface area contributed by atoms with E-state index in [1.807, 2.05) is 0 Å². The van der Waals surface area contributed by atoms with Crippen molar-refractivity contribution in [1.82, 2.24) is 0 Å². The van der Waals surface area contributed by atoms with Gasteiger partial charge in [0.25, 0.3) is 0 Å². The number of fused-ring (bicyclic) bond motifs is 1. The lowest BCUT2D eigenvalue weighted by Gasteiger charge is -2.44. The SMILES string of the molecule is [2H]C1=C([2H])[C@]([2H])(C)[C@H](CCC2C[C@@H](O)CC(=O)O2)[C@@H]2C1=C([2H])[C@]([2H])(C([2H])([2H])[2H])C([2H])([2H])C2OC(=O)C(CC)(C([2H])([2H])[2H])C([2H])([2H])[2H]. The number of aliphatic hydroxyl groups is 1. The first kappa shape index (κ1) is 9.89. The van der Waals surface area contributed by atoms with Gasteiger partial charge >= 0.3 is 11.9 Å². The Bertz CT molecular complexity index is 1280. The van der Waals surface area contributed by atoms with Crippen molar-refractivity contribution in [3.63, 3.8) is 0 Å². The average Bonchev–Trinajstić information content (AvgIpc) is 2.86. The number of hydrogen-bond acceptors (Lipinski definition) is 5. The van der Waals surface area contributed by atoms with Crippen LogP contribution in [0.1, 0.15) is 94.8 Å². The molecule has 1 N–H and O–H groups in total. The van der Waals surface area contributed by atoms with Crippen LogP contribution in [0.5, 0.6) is 0 Å². The van der Waals surface area contributed by atoms with E-state index in [0.29, 0.717) is 0 Å². The van der Waals surface area contributed by atoms with Gasteiger partial charge in [0.1, 0.15) is 12.2 Å². The van der Waals surface area contributed by atoms with Crippen LogP contribution in [0, 0.1) is 29.0 Å². The smallest absolute Gasteiger partial charge is 0.311 e. The van der Waals surface area contributed by atoms with Gasteiger partial charge in [-0.2, -0.15) is 0 Å². The Balaban J connectivity index is 2.34. The summed E-state index contributed by atoms with van der Waals surface area (Å²) in [6, 6.07) is -2.87. The van der Waals surface area contributed by atoms with Crippen LogP contribution in [-0.2, 0) is 19.1 Å². The zero-order chi connectivity index (χ0) is 35.8. The van der Waals surface area contributed by atoms with Crippen molar-refractivity contribution in [1.29, 1.82) is 0 Å². The number of hydrogen-bond donors (Lipinski definition) is 1. The van der Waals surface area contributed by atoms with Crippen molar-refractivity contribution >= 4 is 11.9 Å². The molecule has 168 valence electrons. The molecule has 3 aliphatic rings. The van der Waals surface area contributed by atoms with Gasteiger partial charge in [0.05, 0.1) is 22.1 Å². The molecule has 0 amide bonds. The number of ether oxygens (including phenoxy) is 2. The minimum atomic E-state index is -3.67. The van der Waals surface area contributed by atoms with E-state index in [9.17, 15) is 14.7 Å². The predicted octanol–water partition coefficient (Wildman–Crippen LogP) is 4.59. The first-order chi connectivity index (χ1) is 20.6. The molecule has 0 aromatic carbocycles. The molecule has 0 aromatic heterocycles.